The van der Waals surface area contributed by atoms with Crippen molar-refractivity contribution in [3.8, 4) is 0 Å². The highest BCUT2D eigenvalue weighted by atomic mass is 16.1. The zero-order valence-electron chi connectivity index (χ0n) is 8.31. The Hall–Kier alpha value is -0.330. The highest BCUT2D eigenvalue weighted by molar-refractivity contribution is 5.68. The molecular formula is C11H18O. The average molecular weight is 166 g/mol. The fourth-order valence-corrected chi connectivity index (χ4v) is 3.43. The van der Waals surface area contributed by atoms with Crippen LogP contribution in [0.2, 0.25) is 0 Å². The van der Waals surface area contributed by atoms with Crippen molar-refractivity contribution in [2.75, 3.05) is 0 Å². The zero-order chi connectivity index (χ0) is 9.04. The average Bonchev–Trinajstić information content (AvgIpc) is 2.58. The van der Waals surface area contributed by atoms with Gasteiger partial charge in [0.1, 0.15) is 6.29 Å². The van der Waals surface area contributed by atoms with E-state index in [1.165, 1.54) is 25.5 Å². The molecule has 0 aliphatic heterocycles. The van der Waals surface area contributed by atoms with Crippen molar-refractivity contribution < 1.29 is 4.79 Å². The number of fused-ring (bicyclic) bond motifs is 1. The van der Waals surface area contributed by atoms with Crippen LogP contribution in [0.15, 0.2) is 0 Å². The molecule has 2 aliphatic carbocycles. The third-order valence-corrected chi connectivity index (χ3v) is 4.56. The SMILES string of the molecule is CC1(C)CCCC2(C)CC12C=O. The summed E-state index contributed by atoms with van der Waals surface area (Å²) in [4.78, 5) is 11.1. The fraction of sp³-hybridized carbons (Fsp3) is 0.909. The molecule has 0 radical (unpaired) electrons. The molecule has 0 aromatic carbocycles. The molecule has 12 heavy (non-hydrogen) atoms. The van der Waals surface area contributed by atoms with Crippen molar-refractivity contribution in [3.63, 3.8) is 0 Å². The summed E-state index contributed by atoms with van der Waals surface area (Å²) in [5.41, 5.74) is 0.649. The second-order valence-electron chi connectivity index (χ2n) is 5.56. The predicted octanol–water partition coefficient (Wildman–Crippen LogP) is 2.79. The number of carbonyl (C=O) groups is 1. The minimum absolute atomic E-state index is 0.0399. The van der Waals surface area contributed by atoms with Gasteiger partial charge in [-0.25, -0.2) is 0 Å². The number of hydrogen-bond donors (Lipinski definition) is 0. The van der Waals surface area contributed by atoms with Crippen LogP contribution >= 0.6 is 0 Å². The van der Waals surface area contributed by atoms with E-state index in [2.05, 4.69) is 20.8 Å². The van der Waals surface area contributed by atoms with E-state index in [9.17, 15) is 4.79 Å². The summed E-state index contributed by atoms with van der Waals surface area (Å²) >= 11 is 0. The molecule has 0 N–H and O–H groups in total. The highest BCUT2D eigenvalue weighted by Crippen LogP contribution is 2.76. The van der Waals surface area contributed by atoms with E-state index >= 15 is 0 Å². The highest BCUT2D eigenvalue weighted by Gasteiger charge is 2.71. The van der Waals surface area contributed by atoms with Gasteiger partial charge in [0, 0.05) is 5.41 Å². The molecule has 1 nitrogen and oxygen atoms in total. The van der Waals surface area contributed by atoms with Gasteiger partial charge in [-0.05, 0) is 30.1 Å². The lowest BCUT2D eigenvalue weighted by Crippen LogP contribution is -2.35. The second kappa shape index (κ2) is 1.94. The van der Waals surface area contributed by atoms with Crippen molar-refractivity contribution >= 4 is 6.29 Å². The smallest absolute Gasteiger partial charge is 0.127 e. The van der Waals surface area contributed by atoms with Gasteiger partial charge in [-0.3, -0.25) is 0 Å². The van der Waals surface area contributed by atoms with Gasteiger partial charge in [0.2, 0.25) is 0 Å². The van der Waals surface area contributed by atoms with E-state index in [-0.39, 0.29) is 10.8 Å². The van der Waals surface area contributed by atoms with E-state index in [1.54, 1.807) is 0 Å². The van der Waals surface area contributed by atoms with Crippen LogP contribution in [0, 0.1) is 16.2 Å². The lowest BCUT2D eigenvalue weighted by atomic mass is 9.64. The van der Waals surface area contributed by atoms with Crippen LogP contribution in [0.3, 0.4) is 0 Å². The van der Waals surface area contributed by atoms with E-state index in [4.69, 9.17) is 0 Å². The Morgan fingerprint density at radius 3 is 2.25 bits per heavy atom. The summed E-state index contributed by atoms with van der Waals surface area (Å²) < 4.78 is 0. The van der Waals surface area contributed by atoms with Crippen molar-refractivity contribution in [2.24, 2.45) is 16.2 Å². The van der Waals surface area contributed by atoms with Gasteiger partial charge < -0.3 is 4.79 Å². The molecule has 68 valence electrons. The molecule has 0 aromatic rings. The lowest BCUT2D eigenvalue weighted by Gasteiger charge is -2.39. The molecule has 1 heteroatoms. The topological polar surface area (TPSA) is 17.1 Å². The van der Waals surface area contributed by atoms with Gasteiger partial charge in [0.05, 0.1) is 0 Å². The molecule has 0 aromatic heterocycles. The maximum absolute atomic E-state index is 11.1. The van der Waals surface area contributed by atoms with E-state index in [0.29, 0.717) is 5.41 Å². The third-order valence-electron chi connectivity index (χ3n) is 4.56. The minimum atomic E-state index is 0.0399. The predicted molar refractivity (Wildman–Crippen MR) is 48.9 cm³/mol. The van der Waals surface area contributed by atoms with Gasteiger partial charge in [0.25, 0.3) is 0 Å². The third kappa shape index (κ3) is 0.681. The molecule has 2 atom stereocenters. The van der Waals surface area contributed by atoms with Crippen molar-refractivity contribution in [1.29, 1.82) is 0 Å². The first-order valence-electron chi connectivity index (χ1n) is 4.94. The Balaban J connectivity index is 2.36. The van der Waals surface area contributed by atoms with Gasteiger partial charge >= 0.3 is 0 Å². The summed E-state index contributed by atoms with van der Waals surface area (Å²) in [6.07, 6.45) is 6.16. The van der Waals surface area contributed by atoms with Crippen LogP contribution in [0.1, 0.15) is 46.5 Å². The molecule has 0 spiro atoms. The molecule has 0 saturated heterocycles. The molecule has 2 fully saturated rings. The maximum Gasteiger partial charge on any atom is 0.127 e. The van der Waals surface area contributed by atoms with Crippen LogP contribution in [0.4, 0.5) is 0 Å². The molecule has 0 heterocycles. The summed E-state index contributed by atoms with van der Waals surface area (Å²) in [7, 11) is 0. The van der Waals surface area contributed by atoms with Gasteiger partial charge in [-0.15, -0.1) is 0 Å². The summed E-state index contributed by atoms with van der Waals surface area (Å²) in [6.45, 7) is 6.79. The Kier molecular flexibility index (Phi) is 1.34. The van der Waals surface area contributed by atoms with Crippen LogP contribution in [-0.2, 0) is 4.79 Å². The summed E-state index contributed by atoms with van der Waals surface area (Å²) in [5.74, 6) is 0. The Morgan fingerprint density at radius 1 is 1.17 bits per heavy atom. The molecule has 2 rings (SSSR count). The number of rotatable bonds is 1. The van der Waals surface area contributed by atoms with E-state index in [0.717, 1.165) is 6.42 Å². The fourth-order valence-electron chi connectivity index (χ4n) is 3.43. The maximum atomic E-state index is 11.1. The number of hydrogen-bond acceptors (Lipinski definition) is 1. The number of carbonyl (C=O) groups excluding carboxylic acids is 1. The van der Waals surface area contributed by atoms with Gasteiger partial charge in [-0.2, -0.15) is 0 Å². The molecule has 2 saturated carbocycles. The van der Waals surface area contributed by atoms with Crippen LogP contribution in [-0.4, -0.2) is 6.29 Å². The molecule has 2 unspecified atom stereocenters. The van der Waals surface area contributed by atoms with Crippen LogP contribution in [0.5, 0.6) is 0 Å². The first kappa shape index (κ1) is 8.28. The van der Waals surface area contributed by atoms with Crippen molar-refractivity contribution in [3.05, 3.63) is 0 Å². The standard InChI is InChI=1S/C11H18O/c1-9(2)5-4-6-10(3)7-11(9,10)8-12/h8H,4-7H2,1-3H3. The van der Waals surface area contributed by atoms with E-state index < -0.39 is 0 Å². The largest absolute Gasteiger partial charge is 0.303 e. The van der Waals surface area contributed by atoms with Crippen molar-refractivity contribution in [1.82, 2.24) is 0 Å². The lowest BCUT2D eigenvalue weighted by molar-refractivity contribution is -0.119. The number of aldehydes is 1. The van der Waals surface area contributed by atoms with Gasteiger partial charge in [-0.1, -0.05) is 27.2 Å². The summed E-state index contributed by atoms with van der Waals surface area (Å²) in [6, 6.07) is 0. The summed E-state index contributed by atoms with van der Waals surface area (Å²) in [5, 5.41) is 0. The first-order chi connectivity index (χ1) is 5.47. The van der Waals surface area contributed by atoms with Crippen LogP contribution < -0.4 is 0 Å². The Bertz CT molecular complexity index is 231. The monoisotopic (exact) mass is 166 g/mol. The normalized spacial score (nSPS) is 49.6. The second-order valence-corrected chi connectivity index (χ2v) is 5.56. The van der Waals surface area contributed by atoms with E-state index in [1.807, 2.05) is 0 Å². The molecule has 0 amide bonds. The Morgan fingerprint density at radius 2 is 1.83 bits per heavy atom. The zero-order valence-corrected chi connectivity index (χ0v) is 8.31. The minimum Gasteiger partial charge on any atom is -0.303 e. The molecule has 0 bridgehead atoms. The molecular weight excluding hydrogens is 148 g/mol. The quantitative estimate of drug-likeness (QED) is 0.547. The first-order valence-corrected chi connectivity index (χ1v) is 4.94. The molecule has 2 aliphatic rings. The van der Waals surface area contributed by atoms with Crippen molar-refractivity contribution in [2.45, 2.75) is 46.5 Å². The van der Waals surface area contributed by atoms with Gasteiger partial charge in [0.15, 0.2) is 0 Å². The Labute approximate surface area is 74.5 Å². The van der Waals surface area contributed by atoms with Crippen LogP contribution in [0.25, 0.3) is 0 Å².